The Kier molecular flexibility index (Phi) is 5.84. The Balaban J connectivity index is 1.16. The van der Waals surface area contributed by atoms with Crippen LogP contribution in [0.25, 0.3) is 0 Å². The lowest BCUT2D eigenvalue weighted by Gasteiger charge is -2.25. The van der Waals surface area contributed by atoms with Gasteiger partial charge in [0.1, 0.15) is 10.6 Å². The zero-order chi connectivity index (χ0) is 23.2. The molecule has 10 heteroatoms. The van der Waals surface area contributed by atoms with E-state index >= 15 is 0 Å². The van der Waals surface area contributed by atoms with Crippen molar-refractivity contribution in [3.63, 3.8) is 0 Å². The molecule has 9 nitrogen and oxygen atoms in total. The van der Waals surface area contributed by atoms with Crippen molar-refractivity contribution >= 4 is 35.1 Å². The van der Waals surface area contributed by atoms with Crippen molar-refractivity contribution in [3.05, 3.63) is 23.6 Å². The number of nitrogens with one attached hydrogen (secondary N) is 2. The zero-order valence-corrected chi connectivity index (χ0v) is 20.2. The summed E-state index contributed by atoms with van der Waals surface area (Å²) in [5, 5.41) is 11.6. The summed E-state index contributed by atoms with van der Waals surface area (Å²) < 4.78 is 7.50. The molecule has 2 unspecified atom stereocenters. The van der Waals surface area contributed by atoms with Crippen molar-refractivity contribution in [2.45, 2.75) is 64.6 Å². The van der Waals surface area contributed by atoms with Crippen molar-refractivity contribution in [2.24, 2.45) is 17.8 Å². The minimum atomic E-state index is -0.468. The van der Waals surface area contributed by atoms with E-state index in [1.165, 1.54) is 12.8 Å². The third kappa shape index (κ3) is 5.51. The quantitative estimate of drug-likeness (QED) is 0.635. The van der Waals surface area contributed by atoms with Crippen molar-refractivity contribution in [3.8, 4) is 0 Å². The maximum Gasteiger partial charge on any atom is 0.410 e. The van der Waals surface area contributed by atoms with E-state index in [2.05, 4.69) is 25.7 Å². The molecular formula is C23H32ClN7O2. The van der Waals surface area contributed by atoms with Gasteiger partial charge in [-0.25, -0.2) is 9.78 Å². The maximum atomic E-state index is 12.4. The number of carbonyl (C=O) groups is 1. The van der Waals surface area contributed by atoms with Gasteiger partial charge < -0.3 is 20.3 Å². The largest absolute Gasteiger partial charge is 0.444 e. The average molecular weight is 474 g/mol. The number of fused-ring (bicyclic) bond motifs is 1. The Morgan fingerprint density at radius 3 is 2.61 bits per heavy atom. The van der Waals surface area contributed by atoms with E-state index in [9.17, 15) is 4.79 Å². The fourth-order valence-electron chi connectivity index (χ4n) is 4.84. The van der Waals surface area contributed by atoms with Crippen LogP contribution < -0.4 is 10.6 Å². The van der Waals surface area contributed by atoms with Gasteiger partial charge in [0.15, 0.2) is 5.82 Å². The van der Waals surface area contributed by atoms with Crippen LogP contribution in [0.3, 0.4) is 0 Å². The number of likely N-dealkylation sites (tertiary alicyclic amines) is 1. The van der Waals surface area contributed by atoms with Gasteiger partial charge in [-0.1, -0.05) is 11.6 Å². The number of aromatic nitrogens is 4. The second-order valence-corrected chi connectivity index (χ2v) is 11.0. The van der Waals surface area contributed by atoms with E-state index < -0.39 is 5.60 Å². The predicted molar refractivity (Wildman–Crippen MR) is 127 cm³/mol. The lowest BCUT2D eigenvalue weighted by Crippen LogP contribution is -2.36. The Morgan fingerprint density at radius 2 is 1.94 bits per heavy atom. The highest BCUT2D eigenvalue weighted by Crippen LogP contribution is 2.40. The van der Waals surface area contributed by atoms with Gasteiger partial charge in [-0.3, -0.25) is 4.68 Å². The van der Waals surface area contributed by atoms with Crippen molar-refractivity contribution < 1.29 is 9.53 Å². The first-order chi connectivity index (χ1) is 15.7. The number of rotatable bonds is 6. The zero-order valence-electron chi connectivity index (χ0n) is 19.4. The van der Waals surface area contributed by atoms with Gasteiger partial charge >= 0.3 is 6.09 Å². The van der Waals surface area contributed by atoms with Gasteiger partial charge in [-0.15, -0.1) is 0 Å². The minimum absolute atomic E-state index is 0.212. The maximum absolute atomic E-state index is 12.4. The molecule has 0 aromatic carbocycles. The van der Waals surface area contributed by atoms with Gasteiger partial charge in [0.25, 0.3) is 0 Å². The van der Waals surface area contributed by atoms with Crippen LogP contribution in [-0.4, -0.2) is 55.5 Å². The Bertz CT molecular complexity index is 1000. The highest BCUT2D eigenvalue weighted by Gasteiger charge is 2.43. The molecule has 2 atom stereocenters. The van der Waals surface area contributed by atoms with E-state index in [0.29, 0.717) is 28.6 Å². The summed E-state index contributed by atoms with van der Waals surface area (Å²) in [6, 6.07) is 0.266. The number of hydrogen-bond donors (Lipinski definition) is 2. The Morgan fingerprint density at radius 1 is 1.21 bits per heavy atom. The first-order valence-corrected chi connectivity index (χ1v) is 12.2. The first-order valence-electron chi connectivity index (χ1n) is 11.8. The summed E-state index contributed by atoms with van der Waals surface area (Å²) in [7, 11) is 0. The topological polar surface area (TPSA) is 97.2 Å². The molecule has 1 amide bonds. The van der Waals surface area contributed by atoms with Crippen molar-refractivity contribution in [1.29, 1.82) is 0 Å². The van der Waals surface area contributed by atoms with Crippen LogP contribution in [0, 0.1) is 17.8 Å². The molecule has 1 saturated heterocycles. The summed E-state index contributed by atoms with van der Waals surface area (Å²) in [5.41, 5.74) is 0.395. The highest BCUT2D eigenvalue weighted by molar-refractivity contribution is 6.32. The normalized spacial score (nSPS) is 24.6. The van der Waals surface area contributed by atoms with E-state index in [4.69, 9.17) is 16.3 Å². The lowest BCUT2D eigenvalue weighted by atomic mass is 10.0. The highest BCUT2D eigenvalue weighted by atomic mass is 35.5. The van der Waals surface area contributed by atoms with Gasteiger partial charge in [-0.2, -0.15) is 10.1 Å². The molecule has 1 aliphatic heterocycles. The van der Waals surface area contributed by atoms with Gasteiger partial charge in [0.05, 0.1) is 18.1 Å². The molecule has 5 rings (SSSR count). The predicted octanol–water partition coefficient (Wildman–Crippen LogP) is 4.54. The molecule has 178 valence electrons. The van der Waals surface area contributed by atoms with Crippen LogP contribution >= 0.6 is 11.6 Å². The van der Waals surface area contributed by atoms with E-state index in [1.807, 2.05) is 36.5 Å². The van der Waals surface area contributed by atoms with Crippen molar-refractivity contribution in [2.75, 3.05) is 23.7 Å². The fraction of sp³-hybridized carbons (Fsp3) is 0.652. The van der Waals surface area contributed by atoms with Crippen LogP contribution in [0.1, 0.15) is 46.5 Å². The van der Waals surface area contributed by atoms with E-state index in [1.54, 1.807) is 12.4 Å². The van der Waals surface area contributed by atoms with Crippen LogP contribution in [0.4, 0.5) is 22.2 Å². The molecule has 2 aliphatic carbocycles. The molecule has 3 heterocycles. The second-order valence-electron chi connectivity index (χ2n) is 10.6. The molecule has 0 bridgehead atoms. The molecule has 0 spiro atoms. The third-order valence-corrected chi connectivity index (χ3v) is 6.80. The number of ether oxygens (including phenoxy) is 1. The molecule has 3 aliphatic rings. The molecule has 2 aromatic rings. The molecule has 2 saturated carbocycles. The van der Waals surface area contributed by atoms with Gasteiger partial charge in [0, 0.05) is 31.9 Å². The van der Waals surface area contributed by atoms with Gasteiger partial charge in [0.2, 0.25) is 5.95 Å². The fourth-order valence-corrected chi connectivity index (χ4v) is 4.98. The van der Waals surface area contributed by atoms with Crippen LogP contribution in [-0.2, 0) is 11.3 Å². The number of carbonyl (C=O) groups excluding carboxylic acids is 1. The summed E-state index contributed by atoms with van der Waals surface area (Å²) in [5.74, 6) is 2.81. The minimum Gasteiger partial charge on any atom is -0.444 e. The standard InChI is InChI=1S/C23H32ClN7O2/c1-23(2,3)33-22(32)30-11-15-6-17(7-16(15)12-30)27-20-19(24)9-25-21(29-20)28-18-8-26-31(13-18)10-14-4-5-14/h8-9,13-17H,4-7,10-12H2,1-3H3,(H2,25,27,28,29). The van der Waals surface area contributed by atoms with Crippen LogP contribution in [0.2, 0.25) is 5.02 Å². The van der Waals surface area contributed by atoms with Crippen LogP contribution in [0.15, 0.2) is 18.6 Å². The summed E-state index contributed by atoms with van der Waals surface area (Å²) >= 11 is 6.39. The summed E-state index contributed by atoms with van der Waals surface area (Å²) in [6.45, 7) is 8.15. The van der Waals surface area contributed by atoms with Crippen molar-refractivity contribution in [1.82, 2.24) is 24.6 Å². The number of hydrogen-bond acceptors (Lipinski definition) is 7. The molecule has 3 fully saturated rings. The smallest absolute Gasteiger partial charge is 0.410 e. The Hall–Kier alpha value is -2.55. The van der Waals surface area contributed by atoms with E-state index in [-0.39, 0.29) is 12.1 Å². The second kappa shape index (κ2) is 8.66. The SMILES string of the molecule is CC(C)(C)OC(=O)N1CC2CC(Nc3nc(Nc4cnn(CC5CC5)c4)ncc3Cl)CC2C1. The molecule has 2 N–H and O–H groups in total. The number of amides is 1. The molecule has 2 aromatic heterocycles. The Labute approximate surface area is 199 Å². The molecular weight excluding hydrogens is 442 g/mol. The number of halogens is 1. The van der Waals surface area contributed by atoms with Gasteiger partial charge in [-0.05, 0) is 64.2 Å². The lowest BCUT2D eigenvalue weighted by molar-refractivity contribution is 0.0280. The number of anilines is 3. The summed E-state index contributed by atoms with van der Waals surface area (Å²) in [6.07, 6.45) is 9.71. The number of nitrogens with zero attached hydrogens (tertiary/aromatic N) is 5. The molecule has 0 radical (unpaired) electrons. The summed E-state index contributed by atoms with van der Waals surface area (Å²) in [4.78, 5) is 23.2. The third-order valence-electron chi connectivity index (χ3n) is 6.52. The average Bonchev–Trinajstić information content (AvgIpc) is 3.10. The van der Waals surface area contributed by atoms with E-state index in [0.717, 1.165) is 44.1 Å². The monoisotopic (exact) mass is 473 g/mol. The van der Waals surface area contributed by atoms with Crippen LogP contribution in [0.5, 0.6) is 0 Å². The first kappa shape index (κ1) is 22.3. The molecule has 33 heavy (non-hydrogen) atoms.